The first-order chi connectivity index (χ1) is 16.2. The average molecular weight is 689 g/mol. The van der Waals surface area contributed by atoms with Crippen LogP contribution in [0.15, 0.2) is 40.8 Å². The molecule has 2 aromatic carbocycles. The minimum Gasteiger partial charge on any atom is -0.490 e. The molecule has 0 bridgehead atoms. The molecular formula is C26H29I2NO5. The number of ketones is 1. The molecule has 1 atom stereocenters. The molecule has 1 aromatic heterocycles. The van der Waals surface area contributed by atoms with Crippen molar-refractivity contribution in [1.82, 2.24) is 5.32 Å². The van der Waals surface area contributed by atoms with Crippen LogP contribution in [0, 0.1) is 13.1 Å². The summed E-state index contributed by atoms with van der Waals surface area (Å²) in [5.41, 5.74) is 1.49. The van der Waals surface area contributed by atoms with Crippen LogP contribution in [0.5, 0.6) is 5.75 Å². The van der Waals surface area contributed by atoms with Crippen molar-refractivity contribution in [2.45, 2.75) is 40.2 Å². The molecule has 0 aliphatic heterocycles. The molecule has 0 radical (unpaired) electrons. The Morgan fingerprint density at radius 2 is 1.76 bits per heavy atom. The van der Waals surface area contributed by atoms with Gasteiger partial charge in [0.2, 0.25) is 0 Å². The molecule has 34 heavy (non-hydrogen) atoms. The van der Waals surface area contributed by atoms with Gasteiger partial charge in [-0.05, 0) is 82.8 Å². The number of furan rings is 1. The Hall–Kier alpha value is -1.66. The number of hydrogen-bond donors (Lipinski definition) is 1. The largest absolute Gasteiger partial charge is 0.490 e. The number of likely N-dealkylation sites (N-methyl/N-ethyl adjacent to an activating group) is 1. The fourth-order valence-corrected chi connectivity index (χ4v) is 5.44. The molecule has 0 unspecified atom stereocenters. The Morgan fingerprint density at radius 1 is 1.09 bits per heavy atom. The van der Waals surface area contributed by atoms with Crippen LogP contribution in [0.3, 0.4) is 0 Å². The van der Waals surface area contributed by atoms with E-state index in [4.69, 9.17) is 13.9 Å². The number of halogens is 2. The van der Waals surface area contributed by atoms with Crippen LogP contribution in [-0.2, 0) is 16.0 Å². The minimum absolute atomic E-state index is 0.105. The summed E-state index contributed by atoms with van der Waals surface area (Å²) in [6.45, 7) is 10.1. The molecule has 0 amide bonds. The van der Waals surface area contributed by atoms with E-state index in [2.05, 4.69) is 50.5 Å². The zero-order valence-electron chi connectivity index (χ0n) is 19.7. The van der Waals surface area contributed by atoms with Gasteiger partial charge < -0.3 is 19.2 Å². The molecule has 3 rings (SSSR count). The van der Waals surface area contributed by atoms with Crippen LogP contribution in [0.1, 0.15) is 49.4 Å². The van der Waals surface area contributed by atoms with E-state index in [-0.39, 0.29) is 24.2 Å². The normalized spacial score (nSPS) is 12.2. The molecule has 8 heteroatoms. The predicted octanol–water partition coefficient (Wildman–Crippen LogP) is 5.99. The topological polar surface area (TPSA) is 77.8 Å². The third-order valence-corrected chi connectivity index (χ3v) is 7.09. The van der Waals surface area contributed by atoms with E-state index in [1.165, 1.54) is 0 Å². The predicted molar refractivity (Wildman–Crippen MR) is 150 cm³/mol. The summed E-state index contributed by atoms with van der Waals surface area (Å²) in [6.07, 6.45) is -0.327. The Labute approximate surface area is 227 Å². The van der Waals surface area contributed by atoms with Gasteiger partial charge in [0.1, 0.15) is 36.2 Å². The third kappa shape index (κ3) is 6.51. The zero-order chi connectivity index (χ0) is 24.8. The fourth-order valence-electron chi connectivity index (χ4n) is 3.36. The first kappa shape index (κ1) is 26.9. The maximum absolute atomic E-state index is 13.7. The number of rotatable bonds is 11. The van der Waals surface area contributed by atoms with Gasteiger partial charge in [-0.1, -0.05) is 39.0 Å². The molecule has 0 aliphatic rings. The van der Waals surface area contributed by atoms with Gasteiger partial charge in [0.25, 0.3) is 0 Å². The first-order valence-electron chi connectivity index (χ1n) is 11.3. The minimum atomic E-state index is -0.414. The number of nitrogens with one attached hydrogen (secondary N) is 1. The van der Waals surface area contributed by atoms with E-state index >= 15 is 0 Å². The Bertz CT molecular complexity index is 1150. The number of ether oxygens (including phenoxy) is 2. The van der Waals surface area contributed by atoms with Gasteiger partial charge in [0, 0.05) is 17.5 Å². The molecule has 0 spiro atoms. The van der Waals surface area contributed by atoms with Gasteiger partial charge in [0.05, 0.1) is 12.7 Å². The lowest BCUT2D eigenvalue weighted by Crippen LogP contribution is -2.22. The van der Waals surface area contributed by atoms with Crippen molar-refractivity contribution in [2.75, 3.05) is 19.7 Å². The van der Waals surface area contributed by atoms with Crippen molar-refractivity contribution >= 4 is 67.9 Å². The third-order valence-electron chi connectivity index (χ3n) is 5.49. The van der Waals surface area contributed by atoms with E-state index in [0.29, 0.717) is 34.5 Å². The van der Waals surface area contributed by atoms with Gasteiger partial charge in [-0.2, -0.15) is 0 Å². The number of fused-ring (bicyclic) bond motifs is 1. The lowest BCUT2D eigenvalue weighted by Gasteiger charge is -2.16. The number of hydrogen-bond acceptors (Lipinski definition) is 6. The summed E-state index contributed by atoms with van der Waals surface area (Å²) < 4.78 is 19.1. The lowest BCUT2D eigenvalue weighted by molar-refractivity contribution is -0.149. The van der Waals surface area contributed by atoms with Gasteiger partial charge in [-0.25, -0.2) is 0 Å². The smallest absolute Gasteiger partial charge is 0.313 e. The van der Waals surface area contributed by atoms with Crippen molar-refractivity contribution in [3.05, 3.63) is 60.4 Å². The molecular weight excluding hydrogens is 660 g/mol. The van der Waals surface area contributed by atoms with E-state index in [9.17, 15) is 9.59 Å². The van der Waals surface area contributed by atoms with Crippen LogP contribution in [-0.4, -0.2) is 37.6 Å². The summed E-state index contributed by atoms with van der Waals surface area (Å²) >= 11 is 4.38. The summed E-state index contributed by atoms with van der Waals surface area (Å²) in [5.74, 6) is 0.674. The van der Waals surface area contributed by atoms with Crippen molar-refractivity contribution < 1.29 is 23.5 Å². The molecule has 0 saturated heterocycles. The molecule has 0 saturated carbocycles. The quantitative estimate of drug-likeness (QED) is 0.115. The van der Waals surface area contributed by atoms with Crippen molar-refractivity contribution in [3.8, 4) is 5.75 Å². The van der Waals surface area contributed by atoms with Gasteiger partial charge in [0.15, 0.2) is 5.78 Å². The van der Waals surface area contributed by atoms with Gasteiger partial charge in [-0.3, -0.25) is 9.59 Å². The number of carbonyl (C=O) groups excluding carboxylic acids is 2. The summed E-state index contributed by atoms with van der Waals surface area (Å²) in [4.78, 5) is 26.3. The molecule has 0 aliphatic carbocycles. The van der Waals surface area contributed by atoms with Crippen LogP contribution in [0.25, 0.3) is 11.0 Å². The molecule has 182 valence electrons. The van der Waals surface area contributed by atoms with E-state index in [1.54, 1.807) is 6.07 Å². The van der Waals surface area contributed by atoms with E-state index in [0.717, 1.165) is 26.0 Å². The fraction of sp³-hybridized carbons (Fsp3) is 0.385. The highest BCUT2D eigenvalue weighted by molar-refractivity contribution is 14.1. The second-order valence-corrected chi connectivity index (χ2v) is 10.6. The van der Waals surface area contributed by atoms with Crippen LogP contribution >= 0.6 is 45.2 Å². The van der Waals surface area contributed by atoms with Crippen LogP contribution in [0.4, 0.5) is 0 Å². The first-order valence-corrected chi connectivity index (χ1v) is 13.5. The van der Waals surface area contributed by atoms with Crippen molar-refractivity contribution in [2.24, 2.45) is 5.92 Å². The molecule has 1 N–H and O–H groups in total. The molecule has 6 nitrogen and oxygen atoms in total. The molecule has 3 aromatic rings. The van der Waals surface area contributed by atoms with Gasteiger partial charge >= 0.3 is 5.97 Å². The van der Waals surface area contributed by atoms with Crippen molar-refractivity contribution in [3.63, 3.8) is 0 Å². The Kier molecular flexibility index (Phi) is 9.78. The second kappa shape index (κ2) is 12.3. The number of para-hydroxylation sites is 1. The maximum atomic E-state index is 13.7. The van der Waals surface area contributed by atoms with Crippen LogP contribution in [0.2, 0.25) is 0 Å². The van der Waals surface area contributed by atoms with E-state index < -0.39 is 5.97 Å². The highest BCUT2D eigenvalue weighted by Gasteiger charge is 2.26. The summed E-state index contributed by atoms with van der Waals surface area (Å²) in [7, 11) is 0. The SMILES string of the molecule is CCNCCOc1c(I)cc(C(=O)c2c(CC(=O)O[C@@H](C)C(C)C)oc3ccccc23)cc1I. The second-order valence-electron chi connectivity index (χ2n) is 8.31. The monoisotopic (exact) mass is 689 g/mol. The number of carbonyl (C=O) groups is 2. The summed E-state index contributed by atoms with van der Waals surface area (Å²) in [6, 6.07) is 11.0. The van der Waals surface area contributed by atoms with E-state index in [1.807, 2.05) is 58.0 Å². The van der Waals surface area contributed by atoms with Crippen LogP contribution < -0.4 is 10.1 Å². The highest BCUT2D eigenvalue weighted by Crippen LogP contribution is 2.33. The van der Waals surface area contributed by atoms with Crippen molar-refractivity contribution in [1.29, 1.82) is 0 Å². The number of benzene rings is 2. The molecule has 1 heterocycles. The number of esters is 1. The standard InChI is InChI=1S/C26H29I2NO5/c1-5-29-10-11-32-26-19(27)12-17(13-20(26)28)25(31)24-18-8-6-7-9-21(18)34-22(24)14-23(30)33-16(4)15(2)3/h6-9,12-13,15-16,29H,5,10-11,14H2,1-4H3/t16-/m0/s1. The summed E-state index contributed by atoms with van der Waals surface area (Å²) in [5, 5.41) is 3.91. The lowest BCUT2D eigenvalue weighted by atomic mass is 9.99. The Balaban J connectivity index is 1.93. The Morgan fingerprint density at radius 3 is 2.41 bits per heavy atom. The maximum Gasteiger partial charge on any atom is 0.313 e. The average Bonchev–Trinajstić information content (AvgIpc) is 3.14. The zero-order valence-corrected chi connectivity index (χ0v) is 24.1. The van der Waals surface area contributed by atoms with Gasteiger partial charge in [-0.15, -0.1) is 0 Å². The molecule has 0 fully saturated rings. The highest BCUT2D eigenvalue weighted by atomic mass is 127.